The lowest BCUT2D eigenvalue weighted by Crippen LogP contribution is -2.13. The van der Waals surface area contributed by atoms with Crippen LogP contribution < -0.4 is 5.73 Å². The number of nitrogens with zero attached hydrogens (tertiary/aromatic N) is 1. The molecule has 0 aliphatic heterocycles. The van der Waals surface area contributed by atoms with Gasteiger partial charge in [-0.1, -0.05) is 0 Å². The minimum atomic E-state index is -2.91. The third-order valence-electron chi connectivity index (χ3n) is 1.88. The van der Waals surface area contributed by atoms with E-state index in [0.717, 1.165) is 13.2 Å². The van der Waals surface area contributed by atoms with Gasteiger partial charge in [-0.05, 0) is 6.07 Å². The quantitative estimate of drug-likeness (QED) is 0.803. The first-order valence-corrected chi connectivity index (χ1v) is 4.27. The van der Waals surface area contributed by atoms with E-state index in [-0.39, 0.29) is 12.1 Å². The van der Waals surface area contributed by atoms with Gasteiger partial charge in [0, 0.05) is 12.1 Å². The standard InChI is InChI=1S/C9H9F3N2O2/c1-16-9(15)7-6(10)4(3-13)2-5(14-7)8(11)12/h2,8H,3,13H2,1H3. The minimum absolute atomic E-state index is 0.203. The number of nitrogens with two attached hydrogens (primary N) is 1. The van der Waals surface area contributed by atoms with Crippen LogP contribution in [-0.2, 0) is 11.3 Å². The van der Waals surface area contributed by atoms with Crippen molar-refractivity contribution in [3.05, 3.63) is 28.8 Å². The highest BCUT2D eigenvalue weighted by molar-refractivity contribution is 5.87. The second kappa shape index (κ2) is 4.93. The van der Waals surface area contributed by atoms with Crippen molar-refractivity contribution in [1.29, 1.82) is 0 Å². The molecule has 0 bridgehead atoms. The molecular weight excluding hydrogens is 225 g/mol. The number of methoxy groups -OCH3 is 1. The molecule has 16 heavy (non-hydrogen) atoms. The van der Waals surface area contributed by atoms with Crippen LogP contribution in [0.4, 0.5) is 13.2 Å². The lowest BCUT2D eigenvalue weighted by molar-refractivity contribution is 0.0586. The molecular formula is C9H9F3N2O2. The van der Waals surface area contributed by atoms with Crippen molar-refractivity contribution < 1.29 is 22.7 Å². The summed E-state index contributed by atoms with van der Waals surface area (Å²) in [6.45, 7) is -0.307. The van der Waals surface area contributed by atoms with Gasteiger partial charge in [0.1, 0.15) is 5.69 Å². The molecule has 0 saturated carbocycles. The minimum Gasteiger partial charge on any atom is -0.464 e. The number of halogens is 3. The fourth-order valence-corrected chi connectivity index (χ4v) is 1.10. The van der Waals surface area contributed by atoms with Crippen LogP contribution in [0.25, 0.3) is 0 Å². The highest BCUT2D eigenvalue weighted by atomic mass is 19.3. The Balaban J connectivity index is 3.35. The van der Waals surface area contributed by atoms with Gasteiger partial charge in [-0.15, -0.1) is 0 Å². The highest BCUT2D eigenvalue weighted by Crippen LogP contribution is 2.21. The maximum absolute atomic E-state index is 13.5. The van der Waals surface area contributed by atoms with E-state index in [9.17, 15) is 18.0 Å². The molecule has 0 saturated heterocycles. The number of hydrogen-bond acceptors (Lipinski definition) is 4. The third kappa shape index (κ3) is 2.30. The average molecular weight is 234 g/mol. The first kappa shape index (κ1) is 12.4. The van der Waals surface area contributed by atoms with E-state index in [2.05, 4.69) is 9.72 Å². The first-order chi connectivity index (χ1) is 7.51. The molecule has 0 unspecified atom stereocenters. The van der Waals surface area contributed by atoms with Crippen LogP contribution in [0.2, 0.25) is 0 Å². The van der Waals surface area contributed by atoms with Crippen LogP contribution in [0.15, 0.2) is 6.07 Å². The van der Waals surface area contributed by atoms with Crippen molar-refractivity contribution in [3.63, 3.8) is 0 Å². The van der Waals surface area contributed by atoms with Crippen molar-refractivity contribution in [2.24, 2.45) is 5.73 Å². The maximum atomic E-state index is 13.5. The van der Waals surface area contributed by atoms with Crippen LogP contribution in [-0.4, -0.2) is 18.1 Å². The van der Waals surface area contributed by atoms with Gasteiger partial charge in [-0.3, -0.25) is 0 Å². The van der Waals surface area contributed by atoms with Crippen molar-refractivity contribution in [3.8, 4) is 0 Å². The molecule has 0 radical (unpaired) electrons. The normalized spacial score (nSPS) is 10.6. The maximum Gasteiger partial charge on any atom is 0.359 e. The number of hydrogen-bond donors (Lipinski definition) is 1. The summed E-state index contributed by atoms with van der Waals surface area (Å²) in [5.41, 5.74) is 3.48. The van der Waals surface area contributed by atoms with Gasteiger partial charge < -0.3 is 10.5 Å². The number of carbonyl (C=O) groups excluding carboxylic acids is 1. The Labute approximate surface area is 89.2 Å². The summed E-state index contributed by atoms with van der Waals surface area (Å²) >= 11 is 0. The van der Waals surface area contributed by atoms with E-state index in [4.69, 9.17) is 5.73 Å². The lowest BCUT2D eigenvalue weighted by Gasteiger charge is -2.07. The molecule has 0 atom stereocenters. The van der Waals surface area contributed by atoms with Crippen LogP contribution in [0.3, 0.4) is 0 Å². The summed E-state index contributed by atoms with van der Waals surface area (Å²) in [7, 11) is 1.00. The van der Waals surface area contributed by atoms with Crippen LogP contribution in [0.5, 0.6) is 0 Å². The highest BCUT2D eigenvalue weighted by Gasteiger charge is 2.21. The Morgan fingerprint density at radius 3 is 2.69 bits per heavy atom. The fourth-order valence-electron chi connectivity index (χ4n) is 1.10. The SMILES string of the molecule is COC(=O)c1nc(C(F)F)cc(CN)c1F. The van der Waals surface area contributed by atoms with Crippen LogP contribution in [0.1, 0.15) is 28.2 Å². The summed E-state index contributed by atoms with van der Waals surface area (Å²) in [5.74, 6) is -2.14. The number of carbonyl (C=O) groups is 1. The largest absolute Gasteiger partial charge is 0.464 e. The van der Waals surface area contributed by atoms with Gasteiger partial charge in [0.2, 0.25) is 0 Å². The summed E-state index contributed by atoms with van der Waals surface area (Å²) in [4.78, 5) is 14.3. The van der Waals surface area contributed by atoms with Crippen molar-refractivity contribution >= 4 is 5.97 Å². The predicted octanol–water partition coefficient (Wildman–Crippen LogP) is 1.40. The van der Waals surface area contributed by atoms with E-state index in [1.54, 1.807) is 0 Å². The second-order valence-corrected chi connectivity index (χ2v) is 2.87. The van der Waals surface area contributed by atoms with Gasteiger partial charge in [0.05, 0.1) is 7.11 Å². The van der Waals surface area contributed by atoms with E-state index >= 15 is 0 Å². The molecule has 0 aliphatic carbocycles. The van der Waals surface area contributed by atoms with E-state index in [0.29, 0.717) is 0 Å². The summed E-state index contributed by atoms with van der Waals surface area (Å²) in [6.07, 6.45) is -2.91. The van der Waals surface area contributed by atoms with E-state index in [1.807, 2.05) is 0 Å². The average Bonchev–Trinajstić information content (AvgIpc) is 2.28. The molecule has 1 aromatic heterocycles. The zero-order valence-electron chi connectivity index (χ0n) is 8.34. The smallest absolute Gasteiger partial charge is 0.359 e. The third-order valence-corrected chi connectivity index (χ3v) is 1.88. The molecule has 0 aromatic carbocycles. The van der Waals surface area contributed by atoms with Crippen molar-refractivity contribution in [2.75, 3.05) is 7.11 Å². The van der Waals surface area contributed by atoms with Gasteiger partial charge >= 0.3 is 5.97 Å². The monoisotopic (exact) mass is 234 g/mol. The summed E-state index contributed by atoms with van der Waals surface area (Å²) < 4.78 is 42.5. The predicted molar refractivity (Wildman–Crippen MR) is 48.4 cm³/mol. The molecule has 2 N–H and O–H groups in total. The Morgan fingerprint density at radius 2 is 2.25 bits per heavy atom. The van der Waals surface area contributed by atoms with E-state index in [1.165, 1.54) is 0 Å². The number of aromatic nitrogens is 1. The molecule has 88 valence electrons. The first-order valence-electron chi connectivity index (χ1n) is 4.27. The van der Waals surface area contributed by atoms with Gasteiger partial charge in [-0.25, -0.2) is 22.9 Å². The Bertz CT molecular complexity index is 410. The molecule has 4 nitrogen and oxygen atoms in total. The molecule has 0 fully saturated rings. The second-order valence-electron chi connectivity index (χ2n) is 2.87. The molecule has 7 heteroatoms. The van der Waals surface area contributed by atoms with Crippen LogP contribution in [0, 0.1) is 5.82 Å². The fraction of sp³-hybridized carbons (Fsp3) is 0.333. The van der Waals surface area contributed by atoms with Crippen LogP contribution >= 0.6 is 0 Å². The molecule has 0 spiro atoms. The summed E-state index contributed by atoms with van der Waals surface area (Å²) in [6, 6.07) is 0.826. The van der Waals surface area contributed by atoms with E-state index < -0.39 is 29.6 Å². The number of alkyl halides is 2. The Hall–Kier alpha value is -1.63. The van der Waals surface area contributed by atoms with Crippen molar-refractivity contribution in [2.45, 2.75) is 13.0 Å². The number of rotatable bonds is 3. The zero-order chi connectivity index (χ0) is 12.3. The molecule has 1 heterocycles. The number of pyridine rings is 1. The molecule has 1 aromatic rings. The number of ether oxygens (including phenoxy) is 1. The van der Waals surface area contributed by atoms with Gasteiger partial charge in [-0.2, -0.15) is 0 Å². The molecule has 0 aliphatic rings. The van der Waals surface area contributed by atoms with Crippen molar-refractivity contribution in [1.82, 2.24) is 4.98 Å². The lowest BCUT2D eigenvalue weighted by atomic mass is 10.1. The summed E-state index contributed by atoms with van der Waals surface area (Å²) in [5, 5.41) is 0. The molecule has 1 rings (SSSR count). The Kier molecular flexibility index (Phi) is 3.83. The Morgan fingerprint density at radius 1 is 1.62 bits per heavy atom. The number of esters is 1. The van der Waals surface area contributed by atoms with Gasteiger partial charge in [0.15, 0.2) is 11.5 Å². The topological polar surface area (TPSA) is 65.2 Å². The molecule has 0 amide bonds. The van der Waals surface area contributed by atoms with Gasteiger partial charge in [0.25, 0.3) is 6.43 Å². The zero-order valence-corrected chi connectivity index (χ0v) is 8.34.